The maximum Gasteiger partial charge on any atom is 0.147 e. The fourth-order valence-electron chi connectivity index (χ4n) is 15.8. The second-order valence-corrected chi connectivity index (χ2v) is 21.0. The molecule has 0 aromatic rings. The molecule has 8 saturated carbocycles. The number of aliphatic hydroxyl groups is 2. The zero-order chi connectivity index (χ0) is 40.2. The third kappa shape index (κ3) is 7.82. The van der Waals surface area contributed by atoms with E-state index in [1.807, 2.05) is 0 Å². The zero-order valence-corrected chi connectivity index (χ0v) is 38.8. The molecule has 0 heterocycles. The lowest BCUT2D eigenvalue weighted by atomic mass is 9.47. The van der Waals surface area contributed by atoms with Crippen molar-refractivity contribution in [3.63, 3.8) is 0 Å². The summed E-state index contributed by atoms with van der Waals surface area (Å²) >= 11 is 8.87. The molecule has 11 heteroatoms. The van der Waals surface area contributed by atoms with Crippen LogP contribution in [0.2, 0.25) is 0 Å². The minimum Gasteiger partial charge on any atom is -0.387 e. The molecule has 0 aromatic carbocycles. The molecule has 8 rings (SSSR count). The first-order valence-electron chi connectivity index (χ1n) is 21.5. The van der Waals surface area contributed by atoms with E-state index in [1.54, 1.807) is 21.1 Å². The van der Waals surface area contributed by atoms with Crippen LogP contribution in [-0.4, -0.2) is 77.1 Å². The maximum absolute atomic E-state index is 16.4. The fraction of sp³-hybridized carbons (Fsp3) is 0.955. The molecule has 0 radical (unpaired) electrons. The van der Waals surface area contributed by atoms with E-state index in [2.05, 4.69) is 58.0 Å². The highest BCUT2D eigenvalue weighted by Crippen LogP contribution is 2.68. The molecule has 16 atom stereocenters. The Balaban J connectivity index is 0.000000179. The molecule has 0 saturated heterocycles. The van der Waals surface area contributed by atoms with E-state index in [9.17, 15) is 19.8 Å². The number of Topliss-reactive ketones (excluding diaryl/α,β-unsaturated/α-hetero) is 2. The Bertz CT molecular complexity index is 1390. The molecule has 0 aromatic heterocycles. The number of rotatable bonds is 7. The van der Waals surface area contributed by atoms with Gasteiger partial charge in [-0.05, 0) is 181 Å². The molecular formula is C44H69Br3F2O6. The Morgan fingerprint density at radius 3 is 1.44 bits per heavy atom. The van der Waals surface area contributed by atoms with Crippen molar-refractivity contribution in [2.24, 2.45) is 70.0 Å². The normalized spacial score (nSPS) is 50.9. The number of halogens is 5. The van der Waals surface area contributed by atoms with Gasteiger partial charge in [0.1, 0.15) is 22.9 Å². The largest absolute Gasteiger partial charge is 0.387 e. The van der Waals surface area contributed by atoms with Crippen molar-refractivity contribution >= 4 is 55.8 Å². The molecule has 316 valence electrons. The highest BCUT2D eigenvalue weighted by Gasteiger charge is 2.65. The third-order valence-electron chi connectivity index (χ3n) is 18.2. The predicted octanol–water partition coefficient (Wildman–Crippen LogP) is 10.7. The molecule has 2 N–H and O–H groups in total. The lowest BCUT2D eigenvalue weighted by molar-refractivity contribution is -0.178. The number of fused-ring (bicyclic) bond motifs is 10. The summed E-state index contributed by atoms with van der Waals surface area (Å²) in [6.45, 7) is 6.98. The summed E-state index contributed by atoms with van der Waals surface area (Å²) in [5, 5.41) is 22.0. The van der Waals surface area contributed by atoms with E-state index in [-0.39, 0.29) is 46.3 Å². The average molecular weight is 972 g/mol. The summed E-state index contributed by atoms with van der Waals surface area (Å²) in [7, 11) is 3.22. The standard InChI is InChI=1S/C22H34BrFO3.C22H35FO3.Br2/c1-20-8-7-17-15(16(20)5-6-18(20)19(25)12-23)4-3-14-11-21(26,13-27-2)9-10-22(14,17)24;1-14(24)17-6-7-18-16-5-4-15-12-21(25,13-26-3)10-11-22(15,23)19(16)8-9-20(17,18)2;1-2/h14-18,26H,3-13H2,1-2H3;15-19,25H,4-13H2,1-3H3;/t14-,15+,16+,17?,18-,20+,21-,22-;15-,16+,17-,18+,19?,20-,21-,22-;/m11./s1. The minimum atomic E-state index is -1.14. The number of methoxy groups -OCH3 is 2. The lowest BCUT2D eigenvalue weighted by Crippen LogP contribution is -2.59. The van der Waals surface area contributed by atoms with Gasteiger partial charge < -0.3 is 19.7 Å². The molecule has 0 aliphatic heterocycles. The van der Waals surface area contributed by atoms with Crippen molar-refractivity contribution < 1.29 is 38.1 Å². The van der Waals surface area contributed by atoms with Crippen LogP contribution >= 0.6 is 44.2 Å². The number of carbonyl (C=O) groups is 2. The summed E-state index contributed by atoms with van der Waals surface area (Å²) in [6.07, 6.45) is 14.8. The third-order valence-corrected chi connectivity index (χ3v) is 18.8. The Morgan fingerprint density at radius 1 is 0.618 bits per heavy atom. The molecule has 2 unspecified atom stereocenters. The number of hydrogen-bond acceptors (Lipinski definition) is 6. The van der Waals surface area contributed by atoms with Crippen molar-refractivity contribution in [2.75, 3.05) is 32.8 Å². The van der Waals surface area contributed by atoms with E-state index >= 15 is 8.78 Å². The second kappa shape index (κ2) is 17.1. The van der Waals surface area contributed by atoms with Crippen LogP contribution in [0, 0.1) is 70.0 Å². The predicted molar refractivity (Wildman–Crippen MR) is 223 cm³/mol. The van der Waals surface area contributed by atoms with Gasteiger partial charge in [-0.2, -0.15) is 0 Å². The molecule has 0 bridgehead atoms. The zero-order valence-electron chi connectivity index (χ0n) is 34.0. The van der Waals surface area contributed by atoms with Crippen molar-refractivity contribution in [1.82, 2.24) is 0 Å². The number of carbonyl (C=O) groups excluding carboxylic acids is 2. The molecular weight excluding hydrogens is 902 g/mol. The SMILES string of the molecule is BrBr.COC[C@@]1(O)CC[C@]2(F)C3CC[C@]4(C)[C@@H](C(=O)CBr)CC[C@H]4[C@@H]3CC[C@@H]2C1.COC[C@@]1(O)CC[C@]2(F)C3CC[C@]4(C)[C@@H](C(C)=O)CC[C@H]4[C@@H]3CC[C@@H]2C1. The van der Waals surface area contributed by atoms with E-state index in [1.165, 1.54) is 0 Å². The van der Waals surface area contributed by atoms with Crippen molar-refractivity contribution in [2.45, 2.75) is 159 Å². The summed E-state index contributed by atoms with van der Waals surface area (Å²) in [5.41, 5.74) is -3.83. The van der Waals surface area contributed by atoms with E-state index in [4.69, 9.17) is 9.47 Å². The molecule has 8 fully saturated rings. The Morgan fingerprint density at radius 2 is 1.04 bits per heavy atom. The molecule has 8 aliphatic rings. The molecule has 8 aliphatic carbocycles. The van der Waals surface area contributed by atoms with Gasteiger partial charge in [0, 0.05) is 54.3 Å². The number of ketones is 2. The topological polar surface area (TPSA) is 93.1 Å². The summed E-state index contributed by atoms with van der Waals surface area (Å²) in [6, 6.07) is 0. The lowest BCUT2D eigenvalue weighted by Gasteiger charge is -2.59. The van der Waals surface area contributed by atoms with Gasteiger partial charge in [-0.3, -0.25) is 9.59 Å². The molecule has 0 amide bonds. The number of alkyl halides is 3. The van der Waals surface area contributed by atoms with Gasteiger partial charge in [0.05, 0.1) is 29.7 Å². The van der Waals surface area contributed by atoms with Crippen LogP contribution in [0.4, 0.5) is 8.78 Å². The van der Waals surface area contributed by atoms with Crippen molar-refractivity contribution in [1.29, 1.82) is 0 Å². The maximum atomic E-state index is 16.4. The first kappa shape index (κ1) is 45.0. The summed E-state index contributed by atoms with van der Waals surface area (Å²) in [4.78, 5) is 24.7. The fourth-order valence-corrected chi connectivity index (χ4v) is 16.2. The van der Waals surface area contributed by atoms with Gasteiger partial charge in [0.2, 0.25) is 0 Å². The highest BCUT2D eigenvalue weighted by atomic mass is 80.9. The minimum absolute atomic E-state index is 0.0352. The van der Waals surface area contributed by atoms with Crippen LogP contribution in [0.15, 0.2) is 0 Å². The summed E-state index contributed by atoms with van der Waals surface area (Å²) in [5.74, 6) is 2.97. The van der Waals surface area contributed by atoms with Gasteiger partial charge in [-0.25, -0.2) is 8.78 Å². The smallest absolute Gasteiger partial charge is 0.147 e. The van der Waals surface area contributed by atoms with Crippen LogP contribution in [0.1, 0.15) is 136 Å². The highest BCUT2D eigenvalue weighted by molar-refractivity contribution is 9.93. The molecule has 6 nitrogen and oxygen atoms in total. The van der Waals surface area contributed by atoms with Gasteiger partial charge in [0.25, 0.3) is 0 Å². The molecule has 0 spiro atoms. The van der Waals surface area contributed by atoms with Gasteiger partial charge in [-0.1, -0.05) is 29.8 Å². The van der Waals surface area contributed by atoms with Gasteiger partial charge in [-0.15, -0.1) is 0 Å². The van der Waals surface area contributed by atoms with Crippen molar-refractivity contribution in [3.05, 3.63) is 0 Å². The van der Waals surface area contributed by atoms with Gasteiger partial charge >= 0.3 is 0 Å². The van der Waals surface area contributed by atoms with Crippen LogP contribution in [0.5, 0.6) is 0 Å². The monoisotopic (exact) mass is 968 g/mol. The Labute approximate surface area is 353 Å². The van der Waals surface area contributed by atoms with Gasteiger partial charge in [0.15, 0.2) is 0 Å². The van der Waals surface area contributed by atoms with Crippen LogP contribution < -0.4 is 0 Å². The van der Waals surface area contributed by atoms with Crippen LogP contribution in [0.3, 0.4) is 0 Å². The van der Waals surface area contributed by atoms with Crippen LogP contribution in [-0.2, 0) is 19.1 Å². The summed E-state index contributed by atoms with van der Waals surface area (Å²) < 4.78 is 43.2. The van der Waals surface area contributed by atoms with E-state index in [0.717, 1.165) is 77.0 Å². The first-order chi connectivity index (χ1) is 26.0. The Hall–Kier alpha value is 0.480. The quantitative estimate of drug-likeness (QED) is 0.247. The van der Waals surface area contributed by atoms with E-state index < -0.39 is 22.5 Å². The molecule has 55 heavy (non-hydrogen) atoms. The number of hydrogen-bond donors (Lipinski definition) is 2. The first-order valence-corrected chi connectivity index (χ1v) is 26.4. The Kier molecular flexibility index (Phi) is 14.0. The van der Waals surface area contributed by atoms with Crippen molar-refractivity contribution in [3.8, 4) is 0 Å². The second-order valence-electron chi connectivity index (χ2n) is 20.4. The average Bonchev–Trinajstić information content (AvgIpc) is 3.70. The van der Waals surface area contributed by atoms with E-state index in [0.29, 0.717) is 92.3 Å². The van der Waals surface area contributed by atoms with Crippen LogP contribution in [0.25, 0.3) is 0 Å². The number of ether oxygens (including phenoxy) is 2.